The van der Waals surface area contributed by atoms with Crippen molar-refractivity contribution in [1.82, 2.24) is 10.2 Å². The average molecular weight is 418 g/mol. The van der Waals surface area contributed by atoms with Crippen molar-refractivity contribution in [3.8, 4) is 0 Å². The van der Waals surface area contributed by atoms with E-state index < -0.39 is 11.2 Å². The van der Waals surface area contributed by atoms with Crippen molar-refractivity contribution in [3.05, 3.63) is 64.4 Å². The van der Waals surface area contributed by atoms with Crippen LogP contribution in [0.5, 0.6) is 0 Å². The first-order valence-electron chi connectivity index (χ1n) is 9.62. The zero-order valence-electron chi connectivity index (χ0n) is 16.6. The Balaban J connectivity index is 1.60. The van der Waals surface area contributed by atoms with Gasteiger partial charge in [0.2, 0.25) is 5.91 Å². The van der Waals surface area contributed by atoms with E-state index in [1.54, 1.807) is 4.90 Å². The van der Waals surface area contributed by atoms with Crippen LogP contribution in [0, 0.1) is 18.2 Å². The average Bonchev–Trinajstić information content (AvgIpc) is 2.70. The number of carbonyl (C=O) groups excluding carboxylic acids is 2. The van der Waals surface area contributed by atoms with Crippen molar-refractivity contribution < 1.29 is 14.0 Å². The normalized spacial score (nSPS) is 19.0. The maximum absolute atomic E-state index is 13.3. The molecular formula is C22H25ClFN3O2. The van der Waals surface area contributed by atoms with E-state index in [0.717, 1.165) is 12.0 Å². The summed E-state index contributed by atoms with van der Waals surface area (Å²) in [7, 11) is 0. The number of likely N-dealkylation sites (tertiary alicyclic amines) is 1. The van der Waals surface area contributed by atoms with E-state index in [-0.39, 0.29) is 17.0 Å². The van der Waals surface area contributed by atoms with Gasteiger partial charge >= 0.3 is 6.03 Å². The SMILES string of the molecule is Cc1ccc(CNC(=O)C2(C)CCCN(C(=O)Nc3ccc(F)c(Cl)c3)C2)cc1. The highest BCUT2D eigenvalue weighted by Gasteiger charge is 2.39. The van der Waals surface area contributed by atoms with Crippen LogP contribution in [0.1, 0.15) is 30.9 Å². The lowest BCUT2D eigenvalue weighted by molar-refractivity contribution is -0.132. The fraction of sp³-hybridized carbons (Fsp3) is 0.364. The molecule has 1 saturated heterocycles. The molecule has 2 aromatic rings. The number of hydrogen-bond acceptors (Lipinski definition) is 2. The van der Waals surface area contributed by atoms with Crippen molar-refractivity contribution in [2.24, 2.45) is 5.41 Å². The zero-order chi connectivity index (χ0) is 21.0. The summed E-state index contributed by atoms with van der Waals surface area (Å²) in [5.41, 5.74) is 1.95. The molecule has 1 atom stereocenters. The summed E-state index contributed by atoms with van der Waals surface area (Å²) in [6.45, 7) is 5.22. The molecule has 1 heterocycles. The molecule has 0 saturated carbocycles. The number of piperidine rings is 1. The second-order valence-corrected chi connectivity index (χ2v) is 8.22. The molecule has 7 heteroatoms. The fourth-order valence-corrected chi connectivity index (χ4v) is 3.66. The lowest BCUT2D eigenvalue weighted by Gasteiger charge is -2.39. The third-order valence-corrected chi connectivity index (χ3v) is 5.57. The molecule has 1 aliphatic rings. The van der Waals surface area contributed by atoms with Crippen molar-refractivity contribution in [2.75, 3.05) is 18.4 Å². The van der Waals surface area contributed by atoms with Gasteiger partial charge in [-0.1, -0.05) is 41.4 Å². The Labute approximate surface area is 175 Å². The van der Waals surface area contributed by atoms with Gasteiger partial charge in [0.1, 0.15) is 5.82 Å². The quantitative estimate of drug-likeness (QED) is 0.754. The van der Waals surface area contributed by atoms with Crippen LogP contribution in [-0.4, -0.2) is 29.9 Å². The highest BCUT2D eigenvalue weighted by Crippen LogP contribution is 2.30. The highest BCUT2D eigenvalue weighted by atomic mass is 35.5. The topological polar surface area (TPSA) is 61.4 Å². The summed E-state index contributed by atoms with van der Waals surface area (Å²) in [5, 5.41) is 5.66. The van der Waals surface area contributed by atoms with E-state index in [1.807, 2.05) is 38.1 Å². The predicted octanol–water partition coefficient (Wildman–Crippen LogP) is 4.74. The Morgan fingerprint density at radius 3 is 2.62 bits per heavy atom. The molecule has 5 nitrogen and oxygen atoms in total. The van der Waals surface area contributed by atoms with Crippen molar-refractivity contribution >= 4 is 29.2 Å². The molecule has 2 aromatic carbocycles. The summed E-state index contributed by atoms with van der Waals surface area (Å²) < 4.78 is 13.3. The van der Waals surface area contributed by atoms with Gasteiger partial charge in [-0.15, -0.1) is 0 Å². The van der Waals surface area contributed by atoms with Crippen LogP contribution in [-0.2, 0) is 11.3 Å². The predicted molar refractivity (Wildman–Crippen MR) is 112 cm³/mol. The number of halogens is 2. The van der Waals surface area contributed by atoms with Gasteiger partial charge < -0.3 is 15.5 Å². The summed E-state index contributed by atoms with van der Waals surface area (Å²) >= 11 is 5.77. The number of urea groups is 1. The molecule has 0 spiro atoms. The van der Waals surface area contributed by atoms with Gasteiger partial charge in [0.15, 0.2) is 0 Å². The second kappa shape index (κ2) is 8.82. The van der Waals surface area contributed by atoms with Gasteiger partial charge in [-0.3, -0.25) is 4.79 Å². The second-order valence-electron chi connectivity index (χ2n) is 7.81. The number of hydrogen-bond donors (Lipinski definition) is 2. The summed E-state index contributed by atoms with van der Waals surface area (Å²) in [6, 6.07) is 11.7. The lowest BCUT2D eigenvalue weighted by atomic mass is 9.81. The molecule has 2 N–H and O–H groups in total. The molecule has 3 rings (SSSR count). The van der Waals surface area contributed by atoms with Crippen LogP contribution >= 0.6 is 11.6 Å². The van der Waals surface area contributed by atoms with Crippen LogP contribution in [0.3, 0.4) is 0 Å². The third-order valence-electron chi connectivity index (χ3n) is 5.28. The van der Waals surface area contributed by atoms with Gasteiger partial charge in [-0.25, -0.2) is 9.18 Å². The largest absolute Gasteiger partial charge is 0.351 e. The molecule has 1 aliphatic heterocycles. The molecule has 29 heavy (non-hydrogen) atoms. The van der Waals surface area contributed by atoms with E-state index in [9.17, 15) is 14.0 Å². The molecule has 1 unspecified atom stereocenters. The number of aryl methyl sites for hydroxylation is 1. The fourth-order valence-electron chi connectivity index (χ4n) is 3.48. The van der Waals surface area contributed by atoms with Crippen molar-refractivity contribution in [2.45, 2.75) is 33.2 Å². The molecule has 0 bridgehead atoms. The van der Waals surface area contributed by atoms with Gasteiger partial charge in [0.25, 0.3) is 0 Å². The summed E-state index contributed by atoms with van der Waals surface area (Å²) in [6.07, 6.45) is 1.44. The summed E-state index contributed by atoms with van der Waals surface area (Å²) in [4.78, 5) is 27.1. The molecule has 1 fully saturated rings. The lowest BCUT2D eigenvalue weighted by Crippen LogP contribution is -2.52. The smallest absolute Gasteiger partial charge is 0.321 e. The van der Waals surface area contributed by atoms with Crippen LogP contribution in [0.15, 0.2) is 42.5 Å². The number of amides is 3. The minimum Gasteiger partial charge on any atom is -0.351 e. The van der Waals surface area contributed by atoms with Gasteiger partial charge in [0.05, 0.1) is 10.4 Å². The zero-order valence-corrected chi connectivity index (χ0v) is 17.4. The number of anilines is 1. The van der Waals surface area contributed by atoms with E-state index in [2.05, 4.69) is 10.6 Å². The minimum absolute atomic E-state index is 0.0539. The minimum atomic E-state index is -0.666. The highest BCUT2D eigenvalue weighted by molar-refractivity contribution is 6.31. The maximum atomic E-state index is 13.3. The van der Waals surface area contributed by atoms with Gasteiger partial charge in [-0.05, 0) is 50.5 Å². The van der Waals surface area contributed by atoms with Crippen LogP contribution in [0.4, 0.5) is 14.9 Å². The number of rotatable bonds is 4. The first-order valence-corrected chi connectivity index (χ1v) is 9.99. The van der Waals surface area contributed by atoms with Crippen molar-refractivity contribution in [3.63, 3.8) is 0 Å². The maximum Gasteiger partial charge on any atom is 0.321 e. The molecule has 0 aromatic heterocycles. The number of nitrogens with one attached hydrogen (secondary N) is 2. The van der Waals surface area contributed by atoms with Crippen LogP contribution in [0.25, 0.3) is 0 Å². The molecular weight excluding hydrogens is 393 g/mol. The van der Waals surface area contributed by atoms with Crippen LogP contribution in [0.2, 0.25) is 5.02 Å². The third kappa shape index (κ3) is 5.26. The Kier molecular flexibility index (Phi) is 6.42. The van der Waals surface area contributed by atoms with Gasteiger partial charge in [-0.2, -0.15) is 0 Å². The number of benzene rings is 2. The molecule has 154 valence electrons. The van der Waals surface area contributed by atoms with E-state index in [0.29, 0.717) is 31.7 Å². The molecule has 0 radical (unpaired) electrons. The van der Waals surface area contributed by atoms with E-state index >= 15 is 0 Å². The Morgan fingerprint density at radius 1 is 1.21 bits per heavy atom. The van der Waals surface area contributed by atoms with E-state index in [1.165, 1.54) is 23.8 Å². The monoisotopic (exact) mass is 417 g/mol. The van der Waals surface area contributed by atoms with Crippen molar-refractivity contribution in [1.29, 1.82) is 0 Å². The Morgan fingerprint density at radius 2 is 1.93 bits per heavy atom. The molecule has 3 amide bonds. The first-order chi connectivity index (χ1) is 13.8. The van der Waals surface area contributed by atoms with Gasteiger partial charge in [0, 0.05) is 25.3 Å². The summed E-state index contributed by atoms with van der Waals surface area (Å²) in [5.74, 6) is -0.610. The Hall–Kier alpha value is -2.60. The number of carbonyl (C=O) groups is 2. The molecule has 0 aliphatic carbocycles. The first kappa shape index (κ1) is 21.1. The van der Waals surface area contributed by atoms with Crippen LogP contribution < -0.4 is 10.6 Å². The number of nitrogens with zero attached hydrogens (tertiary/aromatic N) is 1. The Bertz CT molecular complexity index is 903. The standard InChI is InChI=1S/C22H25ClFN3O2/c1-15-4-6-16(7-5-15)13-25-20(28)22(2)10-3-11-27(14-22)21(29)26-17-8-9-19(24)18(23)12-17/h4-9,12H,3,10-11,13-14H2,1-2H3,(H,25,28)(H,26,29). The van der Waals surface area contributed by atoms with E-state index in [4.69, 9.17) is 11.6 Å².